The van der Waals surface area contributed by atoms with E-state index in [9.17, 15) is 0 Å². The Morgan fingerprint density at radius 2 is 0.755 bits per heavy atom. The Balaban J connectivity index is 1.35. The highest BCUT2D eigenvalue weighted by molar-refractivity contribution is 7.00. The number of rotatable bonds is 0. The second-order valence-electron chi connectivity index (χ2n) is 14.9. The molecule has 0 aliphatic carbocycles. The average Bonchev–Trinajstić information content (AvgIpc) is 3.34. The van der Waals surface area contributed by atoms with E-state index < -0.39 is 0 Å². The molecular weight excluding hydrogens is 591 g/mol. The summed E-state index contributed by atoms with van der Waals surface area (Å²) in [6.07, 6.45) is 0. The lowest BCUT2D eigenvalue weighted by atomic mass is 9.33. The summed E-state index contributed by atoms with van der Waals surface area (Å²) in [7, 11) is 0. The van der Waals surface area contributed by atoms with Gasteiger partial charge in [-0.1, -0.05) is 142 Å². The molecule has 230 valence electrons. The summed E-state index contributed by atoms with van der Waals surface area (Å²) >= 11 is 0. The minimum absolute atomic E-state index is 0.0662. The van der Waals surface area contributed by atoms with Gasteiger partial charge in [0.05, 0.1) is 11.4 Å². The Labute approximate surface area is 288 Å². The van der Waals surface area contributed by atoms with Crippen LogP contribution in [0.15, 0.2) is 146 Å². The third-order valence-electron chi connectivity index (χ3n) is 11.3. The summed E-state index contributed by atoms with van der Waals surface area (Å²) in [5.41, 5.74) is 23.3. The number of nitrogens with zero attached hydrogens (tertiary/aromatic N) is 2. The second-order valence-corrected chi connectivity index (χ2v) is 14.9. The standard InChI is InChI=1S/C46H33BN2/c1-46(2,3)28-26-41-43-42(27-28)49-40-25-11-9-19-34(40)30-15-5-7-17-32(30)36-21-13-23-38(45(36)49)47(43)37-22-12-20-35-31-16-6-4-14-29(31)33-18-8-10-24-39(33)48(41)44(35)37/h4-27H,1-3H3. The molecule has 0 amide bonds. The number of hydrogen-bond acceptors (Lipinski definition) is 2. The first kappa shape index (κ1) is 27.2. The largest absolute Gasteiger partial charge is 0.310 e. The summed E-state index contributed by atoms with van der Waals surface area (Å²) in [5.74, 6) is 0. The van der Waals surface area contributed by atoms with E-state index in [-0.39, 0.29) is 12.1 Å². The molecule has 4 aliphatic rings. The first-order valence-electron chi connectivity index (χ1n) is 17.4. The molecule has 0 saturated heterocycles. The zero-order chi connectivity index (χ0) is 32.6. The molecule has 3 heteroatoms. The van der Waals surface area contributed by atoms with E-state index in [0.29, 0.717) is 0 Å². The fourth-order valence-corrected chi connectivity index (χ4v) is 9.16. The van der Waals surface area contributed by atoms with Crippen LogP contribution in [0.4, 0.5) is 34.1 Å². The van der Waals surface area contributed by atoms with Gasteiger partial charge in [0, 0.05) is 45.0 Å². The van der Waals surface area contributed by atoms with E-state index in [2.05, 4.69) is 176 Å². The molecular formula is C46H33BN2. The maximum absolute atomic E-state index is 2.61. The Hall–Kier alpha value is -5.80. The van der Waals surface area contributed by atoms with Gasteiger partial charge in [-0.05, 0) is 73.9 Å². The van der Waals surface area contributed by atoms with Gasteiger partial charge in [-0.2, -0.15) is 0 Å². The Morgan fingerprint density at radius 1 is 0.388 bits per heavy atom. The van der Waals surface area contributed by atoms with E-state index >= 15 is 0 Å². The lowest BCUT2D eigenvalue weighted by Crippen LogP contribution is -2.61. The van der Waals surface area contributed by atoms with Gasteiger partial charge in [-0.3, -0.25) is 0 Å². The Bertz CT molecular complexity index is 2410. The zero-order valence-electron chi connectivity index (χ0n) is 27.8. The van der Waals surface area contributed by atoms with Crippen molar-refractivity contribution in [2.45, 2.75) is 26.2 Å². The van der Waals surface area contributed by atoms with Crippen LogP contribution in [-0.4, -0.2) is 6.71 Å². The summed E-state index contributed by atoms with van der Waals surface area (Å²) in [5, 5.41) is 0. The van der Waals surface area contributed by atoms with Crippen LogP contribution in [0.5, 0.6) is 0 Å². The number of fused-ring (bicyclic) bond motifs is 14. The van der Waals surface area contributed by atoms with Crippen LogP contribution in [0.25, 0.3) is 44.5 Å². The van der Waals surface area contributed by atoms with Gasteiger partial charge in [0.25, 0.3) is 6.71 Å². The number of hydrogen-bond donors (Lipinski definition) is 0. The van der Waals surface area contributed by atoms with Gasteiger partial charge >= 0.3 is 0 Å². The molecule has 11 rings (SSSR count). The SMILES string of the molecule is CC(C)(C)c1cc2c3c(c1)N1c4ccccc4-c4ccccc4-c4cccc(c41)B3c1cccc3c1N2c1ccccc1-c1ccccc1-3. The molecule has 0 aromatic heterocycles. The molecule has 0 fully saturated rings. The van der Waals surface area contributed by atoms with Crippen molar-refractivity contribution in [1.82, 2.24) is 0 Å². The molecule has 2 nitrogen and oxygen atoms in total. The quantitative estimate of drug-likeness (QED) is 0.155. The van der Waals surface area contributed by atoms with Gasteiger partial charge in [0.2, 0.25) is 0 Å². The third kappa shape index (κ3) is 3.47. The average molecular weight is 625 g/mol. The van der Waals surface area contributed by atoms with Gasteiger partial charge in [-0.25, -0.2) is 0 Å². The van der Waals surface area contributed by atoms with Crippen molar-refractivity contribution in [3.8, 4) is 44.5 Å². The summed E-state index contributed by atoms with van der Waals surface area (Å²) < 4.78 is 0. The molecule has 4 heterocycles. The zero-order valence-corrected chi connectivity index (χ0v) is 27.8. The molecule has 4 aliphatic heterocycles. The fraction of sp³-hybridized carbons (Fsp3) is 0.0870. The van der Waals surface area contributed by atoms with E-state index in [1.165, 1.54) is 101 Å². The molecule has 0 radical (unpaired) electrons. The van der Waals surface area contributed by atoms with Crippen LogP contribution in [-0.2, 0) is 5.41 Å². The Morgan fingerprint density at radius 3 is 1.18 bits per heavy atom. The van der Waals surface area contributed by atoms with Gasteiger partial charge < -0.3 is 9.80 Å². The maximum Gasteiger partial charge on any atom is 0.252 e. The van der Waals surface area contributed by atoms with E-state index in [1.807, 2.05) is 0 Å². The van der Waals surface area contributed by atoms with Crippen molar-refractivity contribution in [2.75, 3.05) is 9.80 Å². The normalized spacial score (nSPS) is 13.9. The number of para-hydroxylation sites is 4. The van der Waals surface area contributed by atoms with Crippen molar-refractivity contribution < 1.29 is 0 Å². The molecule has 49 heavy (non-hydrogen) atoms. The monoisotopic (exact) mass is 624 g/mol. The smallest absolute Gasteiger partial charge is 0.252 e. The highest BCUT2D eigenvalue weighted by Crippen LogP contribution is 2.56. The van der Waals surface area contributed by atoms with Gasteiger partial charge in [0.1, 0.15) is 0 Å². The van der Waals surface area contributed by atoms with Crippen molar-refractivity contribution in [1.29, 1.82) is 0 Å². The lowest BCUT2D eigenvalue weighted by Gasteiger charge is -2.45. The number of anilines is 6. The third-order valence-corrected chi connectivity index (χ3v) is 11.3. The molecule has 7 aromatic carbocycles. The van der Waals surface area contributed by atoms with Gasteiger partial charge in [-0.15, -0.1) is 0 Å². The predicted octanol–water partition coefficient (Wildman–Crippen LogP) is 10.4. The first-order chi connectivity index (χ1) is 24.0. The van der Waals surface area contributed by atoms with Crippen LogP contribution < -0.4 is 26.2 Å². The minimum Gasteiger partial charge on any atom is -0.310 e. The van der Waals surface area contributed by atoms with Crippen molar-refractivity contribution in [3.63, 3.8) is 0 Å². The van der Waals surface area contributed by atoms with Gasteiger partial charge in [0.15, 0.2) is 0 Å². The van der Waals surface area contributed by atoms with Crippen molar-refractivity contribution >= 4 is 57.2 Å². The molecule has 0 saturated carbocycles. The maximum atomic E-state index is 2.61. The topological polar surface area (TPSA) is 6.48 Å². The van der Waals surface area contributed by atoms with E-state index in [4.69, 9.17) is 0 Å². The van der Waals surface area contributed by atoms with Crippen molar-refractivity contribution in [2.24, 2.45) is 0 Å². The molecule has 7 aromatic rings. The first-order valence-corrected chi connectivity index (χ1v) is 17.4. The lowest BCUT2D eigenvalue weighted by molar-refractivity contribution is 0.590. The second kappa shape index (κ2) is 9.42. The van der Waals surface area contributed by atoms with Crippen LogP contribution in [0, 0.1) is 0 Å². The van der Waals surface area contributed by atoms with Crippen LogP contribution in [0.3, 0.4) is 0 Å². The highest BCUT2D eigenvalue weighted by Gasteiger charge is 2.47. The molecule has 0 unspecified atom stereocenters. The number of benzene rings is 7. The Kier molecular flexibility index (Phi) is 5.23. The molecule has 0 bridgehead atoms. The fourth-order valence-electron chi connectivity index (χ4n) is 9.16. The summed E-state index contributed by atoms with van der Waals surface area (Å²) in [4.78, 5) is 5.22. The summed E-state index contributed by atoms with van der Waals surface area (Å²) in [6.45, 7) is 7.12. The predicted molar refractivity (Wildman–Crippen MR) is 208 cm³/mol. The molecule has 0 N–H and O–H groups in total. The highest BCUT2D eigenvalue weighted by atomic mass is 15.2. The minimum atomic E-state index is -0.0662. The van der Waals surface area contributed by atoms with Crippen LogP contribution in [0.1, 0.15) is 26.3 Å². The molecule has 0 atom stereocenters. The van der Waals surface area contributed by atoms with Crippen LogP contribution >= 0.6 is 0 Å². The van der Waals surface area contributed by atoms with E-state index in [1.54, 1.807) is 0 Å². The van der Waals surface area contributed by atoms with Crippen LogP contribution in [0.2, 0.25) is 0 Å². The van der Waals surface area contributed by atoms with E-state index in [0.717, 1.165) is 0 Å². The summed E-state index contributed by atoms with van der Waals surface area (Å²) in [6, 6.07) is 55.0. The molecule has 0 spiro atoms. The van der Waals surface area contributed by atoms with Crippen molar-refractivity contribution in [3.05, 3.63) is 151 Å².